The van der Waals surface area contributed by atoms with Gasteiger partial charge in [-0.15, -0.1) is 0 Å². The molecule has 0 atom stereocenters. The molecule has 148 valence electrons. The van der Waals surface area contributed by atoms with Crippen LogP contribution in [0.3, 0.4) is 0 Å². The zero-order chi connectivity index (χ0) is 20.6. The van der Waals surface area contributed by atoms with Gasteiger partial charge in [0.1, 0.15) is 23.0 Å². The van der Waals surface area contributed by atoms with E-state index in [2.05, 4.69) is 0 Å². The molecular weight excluding hydrogens is 372 g/mol. The summed E-state index contributed by atoms with van der Waals surface area (Å²) in [4.78, 5) is 24.7. The van der Waals surface area contributed by atoms with Crippen LogP contribution in [-0.2, 0) is 4.74 Å². The minimum absolute atomic E-state index is 0.284. The van der Waals surface area contributed by atoms with Gasteiger partial charge in [-0.25, -0.2) is 4.79 Å². The third kappa shape index (κ3) is 5.13. The average molecular weight is 392 g/mol. The molecule has 0 aromatic heterocycles. The maximum atomic E-state index is 12.5. The second-order valence-corrected chi connectivity index (χ2v) is 6.01. The monoisotopic (exact) mass is 392 g/mol. The molecule has 0 aliphatic rings. The van der Waals surface area contributed by atoms with Gasteiger partial charge in [0.2, 0.25) is 5.78 Å². The van der Waals surface area contributed by atoms with Gasteiger partial charge >= 0.3 is 5.97 Å². The van der Waals surface area contributed by atoms with Gasteiger partial charge in [-0.3, -0.25) is 4.79 Å². The molecule has 0 spiro atoms. The highest BCUT2D eigenvalue weighted by molar-refractivity contribution is 6.01. The van der Waals surface area contributed by atoms with E-state index in [4.69, 9.17) is 18.9 Å². The summed E-state index contributed by atoms with van der Waals surface area (Å²) in [5, 5.41) is 0. The maximum absolute atomic E-state index is 12.5. The van der Waals surface area contributed by atoms with Crippen LogP contribution in [-0.4, -0.2) is 32.6 Å². The Bertz CT molecular complexity index is 980. The van der Waals surface area contributed by atoms with E-state index >= 15 is 0 Å². The lowest BCUT2D eigenvalue weighted by molar-refractivity contribution is 0.0474. The molecule has 0 fully saturated rings. The van der Waals surface area contributed by atoms with Crippen molar-refractivity contribution in [2.24, 2.45) is 0 Å². The molecule has 0 heterocycles. The van der Waals surface area contributed by atoms with E-state index in [0.717, 1.165) is 0 Å². The Morgan fingerprint density at radius 2 is 1.41 bits per heavy atom. The Morgan fingerprint density at radius 1 is 0.759 bits per heavy atom. The highest BCUT2D eigenvalue weighted by Gasteiger charge is 2.17. The number of carbonyl (C=O) groups excluding carboxylic acids is 2. The summed E-state index contributed by atoms with van der Waals surface area (Å²) in [6.07, 6.45) is 0. The van der Waals surface area contributed by atoms with Crippen molar-refractivity contribution in [3.8, 4) is 23.0 Å². The first-order chi connectivity index (χ1) is 14.1. The minimum atomic E-state index is -0.605. The molecule has 0 amide bonds. The summed E-state index contributed by atoms with van der Waals surface area (Å²) in [5.74, 6) is 1.18. The molecule has 6 heteroatoms. The maximum Gasteiger partial charge on any atom is 0.338 e. The zero-order valence-corrected chi connectivity index (χ0v) is 16.1. The first kappa shape index (κ1) is 19.9. The van der Waals surface area contributed by atoms with Gasteiger partial charge in [-0.2, -0.15) is 0 Å². The number of carbonyl (C=O) groups is 2. The van der Waals surface area contributed by atoms with Gasteiger partial charge in [-0.1, -0.05) is 18.2 Å². The van der Waals surface area contributed by atoms with Gasteiger partial charge < -0.3 is 18.9 Å². The van der Waals surface area contributed by atoms with E-state index in [0.29, 0.717) is 28.6 Å². The van der Waals surface area contributed by atoms with Crippen LogP contribution in [0.2, 0.25) is 0 Å². The minimum Gasteiger partial charge on any atom is -0.497 e. The van der Waals surface area contributed by atoms with Crippen molar-refractivity contribution in [3.05, 3.63) is 83.9 Å². The average Bonchev–Trinajstić information content (AvgIpc) is 2.78. The van der Waals surface area contributed by atoms with Crippen molar-refractivity contribution in [1.82, 2.24) is 0 Å². The number of hydrogen-bond donors (Lipinski definition) is 0. The fourth-order valence-electron chi connectivity index (χ4n) is 2.61. The third-order valence-electron chi connectivity index (χ3n) is 4.11. The lowest BCUT2D eigenvalue weighted by Gasteiger charge is -2.10. The molecular formula is C23H20O6. The van der Waals surface area contributed by atoms with E-state index in [1.807, 2.05) is 30.3 Å². The number of para-hydroxylation sites is 1. The van der Waals surface area contributed by atoms with Crippen molar-refractivity contribution in [3.63, 3.8) is 0 Å². The number of esters is 1. The molecule has 3 rings (SSSR count). The fraction of sp³-hybridized carbons (Fsp3) is 0.130. The van der Waals surface area contributed by atoms with Crippen molar-refractivity contribution >= 4 is 11.8 Å². The molecule has 0 bridgehead atoms. The van der Waals surface area contributed by atoms with E-state index in [1.165, 1.54) is 14.2 Å². The Morgan fingerprint density at radius 3 is 2.07 bits per heavy atom. The molecule has 0 aliphatic heterocycles. The highest BCUT2D eigenvalue weighted by Crippen LogP contribution is 2.25. The van der Waals surface area contributed by atoms with Crippen LogP contribution in [0, 0.1) is 0 Å². The summed E-state index contributed by atoms with van der Waals surface area (Å²) < 4.78 is 21.1. The molecule has 3 aromatic carbocycles. The topological polar surface area (TPSA) is 71.1 Å². The Kier molecular flexibility index (Phi) is 6.47. The molecule has 0 radical (unpaired) electrons. The Balaban J connectivity index is 1.61. The quantitative estimate of drug-likeness (QED) is 0.414. The molecule has 29 heavy (non-hydrogen) atoms. The SMILES string of the molecule is COc1ccc(OC)c(C(=O)COC(=O)c2ccc(Oc3ccccc3)cc2)c1. The number of benzene rings is 3. The summed E-state index contributed by atoms with van der Waals surface area (Å²) in [6.45, 7) is -0.412. The Hall–Kier alpha value is -3.80. The molecule has 0 unspecified atom stereocenters. The van der Waals surface area contributed by atoms with Crippen LogP contribution < -0.4 is 14.2 Å². The van der Waals surface area contributed by atoms with Crippen LogP contribution in [0.25, 0.3) is 0 Å². The van der Waals surface area contributed by atoms with Crippen molar-refractivity contribution in [2.75, 3.05) is 20.8 Å². The molecule has 6 nitrogen and oxygen atoms in total. The van der Waals surface area contributed by atoms with Gasteiger partial charge in [0.25, 0.3) is 0 Å². The predicted molar refractivity (Wildman–Crippen MR) is 107 cm³/mol. The van der Waals surface area contributed by atoms with Crippen molar-refractivity contribution in [2.45, 2.75) is 0 Å². The van der Waals surface area contributed by atoms with E-state index < -0.39 is 18.4 Å². The zero-order valence-electron chi connectivity index (χ0n) is 16.1. The van der Waals surface area contributed by atoms with Gasteiger partial charge in [0.05, 0.1) is 25.3 Å². The van der Waals surface area contributed by atoms with Crippen LogP contribution in [0.4, 0.5) is 0 Å². The van der Waals surface area contributed by atoms with Crippen molar-refractivity contribution < 1.29 is 28.5 Å². The second-order valence-electron chi connectivity index (χ2n) is 6.01. The largest absolute Gasteiger partial charge is 0.497 e. The molecule has 0 saturated heterocycles. The van der Waals surface area contributed by atoms with Crippen LogP contribution in [0.1, 0.15) is 20.7 Å². The molecule has 0 aliphatic carbocycles. The summed E-state index contributed by atoms with van der Waals surface area (Å²) in [6, 6.07) is 20.6. The number of hydrogen-bond acceptors (Lipinski definition) is 6. The number of ether oxygens (including phenoxy) is 4. The van der Waals surface area contributed by atoms with E-state index in [-0.39, 0.29) is 5.56 Å². The lowest BCUT2D eigenvalue weighted by atomic mass is 10.1. The lowest BCUT2D eigenvalue weighted by Crippen LogP contribution is -2.15. The van der Waals surface area contributed by atoms with Crippen LogP contribution >= 0.6 is 0 Å². The van der Waals surface area contributed by atoms with Crippen molar-refractivity contribution in [1.29, 1.82) is 0 Å². The van der Waals surface area contributed by atoms with Crippen LogP contribution in [0.5, 0.6) is 23.0 Å². The molecule has 3 aromatic rings. The van der Waals surface area contributed by atoms with E-state index in [1.54, 1.807) is 42.5 Å². The smallest absolute Gasteiger partial charge is 0.338 e. The predicted octanol–water partition coefficient (Wildman–Crippen LogP) is 4.54. The molecule has 0 N–H and O–H groups in total. The van der Waals surface area contributed by atoms with Crippen LogP contribution in [0.15, 0.2) is 72.8 Å². The Labute approximate surface area is 168 Å². The standard InChI is InChI=1S/C23H20O6/c1-26-19-12-13-22(27-2)20(14-19)21(24)15-28-23(25)16-8-10-18(11-9-16)29-17-6-4-3-5-7-17/h3-14H,15H2,1-2H3. The van der Waals surface area contributed by atoms with E-state index in [9.17, 15) is 9.59 Å². The van der Waals surface area contributed by atoms with Gasteiger partial charge in [0, 0.05) is 0 Å². The normalized spacial score (nSPS) is 10.1. The summed E-state index contributed by atoms with van der Waals surface area (Å²) in [5.41, 5.74) is 0.599. The number of Topliss-reactive ketones (excluding diaryl/α,β-unsaturated/α-hetero) is 1. The fourth-order valence-corrected chi connectivity index (χ4v) is 2.61. The summed E-state index contributed by atoms with van der Waals surface area (Å²) >= 11 is 0. The van der Waals surface area contributed by atoms with Gasteiger partial charge in [0.15, 0.2) is 6.61 Å². The number of rotatable bonds is 8. The first-order valence-corrected chi connectivity index (χ1v) is 8.86. The number of methoxy groups -OCH3 is 2. The summed E-state index contributed by atoms with van der Waals surface area (Å²) in [7, 11) is 2.96. The second kappa shape index (κ2) is 9.41. The van der Waals surface area contributed by atoms with Gasteiger partial charge in [-0.05, 0) is 54.6 Å². The third-order valence-corrected chi connectivity index (χ3v) is 4.11. The highest BCUT2D eigenvalue weighted by atomic mass is 16.5. The first-order valence-electron chi connectivity index (χ1n) is 8.86. The molecule has 0 saturated carbocycles. The number of ketones is 1.